The molecule has 0 aliphatic rings. The Morgan fingerprint density at radius 1 is 1.10 bits per heavy atom. The van der Waals surface area contributed by atoms with Crippen LogP contribution in [0.2, 0.25) is 0 Å². The Morgan fingerprint density at radius 3 is 2.35 bits per heavy atom. The Balaban J connectivity index is 2.39. The summed E-state index contributed by atoms with van der Waals surface area (Å²) in [7, 11) is -3.75. The highest BCUT2D eigenvalue weighted by molar-refractivity contribution is 7.92. The van der Waals surface area contributed by atoms with E-state index in [2.05, 4.69) is 4.72 Å². The number of nitro benzene ring substituents is 1. The third-order valence-corrected chi connectivity index (χ3v) is 4.11. The zero-order valence-electron chi connectivity index (χ0n) is 10.6. The average Bonchev–Trinajstić information content (AvgIpc) is 2.42. The van der Waals surface area contributed by atoms with Crippen LogP contribution in [-0.2, 0) is 10.0 Å². The molecule has 2 aromatic rings. The van der Waals surface area contributed by atoms with Crippen molar-refractivity contribution in [1.82, 2.24) is 0 Å². The van der Waals surface area contributed by atoms with Crippen LogP contribution in [0.4, 0.5) is 11.4 Å². The summed E-state index contributed by atoms with van der Waals surface area (Å²) in [4.78, 5) is 10.3. The van der Waals surface area contributed by atoms with E-state index in [1.165, 1.54) is 30.3 Å². The molecule has 0 saturated carbocycles. The van der Waals surface area contributed by atoms with Gasteiger partial charge in [-0.05, 0) is 24.6 Å². The maximum atomic E-state index is 12.2. The van der Waals surface area contributed by atoms with Gasteiger partial charge in [-0.15, -0.1) is 0 Å². The molecule has 0 bridgehead atoms. The molecule has 0 heterocycles. The zero-order valence-corrected chi connectivity index (χ0v) is 11.4. The Labute approximate surface area is 116 Å². The molecule has 0 amide bonds. The van der Waals surface area contributed by atoms with Gasteiger partial charge in [0.1, 0.15) is 0 Å². The third-order valence-electron chi connectivity index (χ3n) is 2.73. The molecule has 0 unspecified atom stereocenters. The van der Waals surface area contributed by atoms with Gasteiger partial charge in [0, 0.05) is 12.1 Å². The summed E-state index contributed by atoms with van der Waals surface area (Å²) < 4.78 is 26.7. The maximum absolute atomic E-state index is 12.2. The van der Waals surface area contributed by atoms with Gasteiger partial charge in [0.2, 0.25) is 0 Å². The Hall–Kier alpha value is -2.41. The van der Waals surface area contributed by atoms with Crippen LogP contribution in [0, 0.1) is 17.0 Å². The standard InChI is InChI=1S/C13H12N2O4S/c1-10-7-8-11(15(16)17)9-13(10)14-20(18,19)12-5-3-2-4-6-12/h2-9,14H,1H3. The first kappa shape index (κ1) is 14.0. The summed E-state index contributed by atoms with van der Waals surface area (Å²) in [5.41, 5.74) is 0.638. The molecule has 1 N–H and O–H groups in total. The molecular weight excluding hydrogens is 280 g/mol. The molecule has 0 aliphatic heterocycles. The summed E-state index contributed by atoms with van der Waals surface area (Å²) in [6.45, 7) is 1.67. The van der Waals surface area contributed by atoms with Gasteiger partial charge in [0.15, 0.2) is 0 Å². The van der Waals surface area contributed by atoms with Gasteiger partial charge in [-0.1, -0.05) is 24.3 Å². The first-order valence-electron chi connectivity index (χ1n) is 5.73. The molecule has 0 aromatic heterocycles. The minimum absolute atomic E-state index is 0.103. The van der Waals surface area contributed by atoms with Crippen molar-refractivity contribution in [3.63, 3.8) is 0 Å². The van der Waals surface area contributed by atoms with Crippen LogP contribution in [0.25, 0.3) is 0 Å². The number of hydrogen-bond acceptors (Lipinski definition) is 4. The first-order chi connectivity index (χ1) is 9.40. The highest BCUT2D eigenvalue weighted by Crippen LogP contribution is 2.24. The molecule has 2 aromatic carbocycles. The summed E-state index contributed by atoms with van der Waals surface area (Å²) >= 11 is 0. The Morgan fingerprint density at radius 2 is 1.75 bits per heavy atom. The monoisotopic (exact) mass is 292 g/mol. The van der Waals surface area contributed by atoms with Gasteiger partial charge in [0.05, 0.1) is 15.5 Å². The molecule has 0 radical (unpaired) electrons. The lowest BCUT2D eigenvalue weighted by Gasteiger charge is -2.10. The maximum Gasteiger partial charge on any atom is 0.271 e. The first-order valence-corrected chi connectivity index (χ1v) is 7.21. The predicted octanol–water partition coefficient (Wildman–Crippen LogP) is 2.70. The van der Waals surface area contributed by atoms with Crippen molar-refractivity contribution >= 4 is 21.4 Å². The van der Waals surface area contributed by atoms with Crippen LogP contribution >= 0.6 is 0 Å². The van der Waals surface area contributed by atoms with Crippen molar-refractivity contribution in [2.45, 2.75) is 11.8 Å². The van der Waals surface area contributed by atoms with Crippen LogP contribution in [-0.4, -0.2) is 13.3 Å². The molecule has 0 fully saturated rings. The second-order valence-electron chi connectivity index (χ2n) is 4.17. The highest BCUT2D eigenvalue weighted by atomic mass is 32.2. The van der Waals surface area contributed by atoms with Crippen LogP contribution in [0.1, 0.15) is 5.56 Å². The Bertz CT molecular complexity index is 742. The molecule has 6 nitrogen and oxygen atoms in total. The number of aryl methyl sites for hydroxylation is 1. The fourth-order valence-corrected chi connectivity index (χ4v) is 2.78. The van der Waals surface area contributed by atoms with Gasteiger partial charge in [-0.2, -0.15) is 0 Å². The number of sulfonamides is 1. The van der Waals surface area contributed by atoms with Gasteiger partial charge in [-0.3, -0.25) is 14.8 Å². The van der Waals surface area contributed by atoms with Crippen molar-refractivity contribution in [1.29, 1.82) is 0 Å². The number of nitrogens with one attached hydrogen (secondary N) is 1. The molecule has 2 rings (SSSR count). The van der Waals surface area contributed by atoms with E-state index in [0.717, 1.165) is 0 Å². The third kappa shape index (κ3) is 2.94. The van der Waals surface area contributed by atoms with Gasteiger partial charge >= 0.3 is 0 Å². The van der Waals surface area contributed by atoms with E-state index in [4.69, 9.17) is 0 Å². The number of hydrogen-bond donors (Lipinski definition) is 1. The number of anilines is 1. The summed E-state index contributed by atoms with van der Waals surface area (Å²) in [5, 5.41) is 10.7. The van der Waals surface area contributed by atoms with Crippen molar-refractivity contribution in [2.75, 3.05) is 4.72 Å². The summed E-state index contributed by atoms with van der Waals surface area (Å²) in [6, 6.07) is 11.9. The molecule has 0 aliphatic carbocycles. The van der Waals surface area contributed by atoms with E-state index in [9.17, 15) is 18.5 Å². The molecule has 0 saturated heterocycles. The fourth-order valence-electron chi connectivity index (χ4n) is 1.64. The van der Waals surface area contributed by atoms with Crippen molar-refractivity contribution in [3.05, 3.63) is 64.2 Å². The zero-order chi connectivity index (χ0) is 14.8. The van der Waals surface area contributed by atoms with Gasteiger partial charge in [0.25, 0.3) is 15.7 Å². The second-order valence-corrected chi connectivity index (χ2v) is 5.86. The van der Waals surface area contributed by atoms with Gasteiger partial charge in [-0.25, -0.2) is 8.42 Å². The summed E-state index contributed by atoms with van der Waals surface area (Å²) in [5.74, 6) is 0. The summed E-state index contributed by atoms with van der Waals surface area (Å²) in [6.07, 6.45) is 0. The van der Waals surface area contributed by atoms with Crippen LogP contribution in [0.5, 0.6) is 0 Å². The quantitative estimate of drug-likeness (QED) is 0.693. The molecule has 0 spiro atoms. The molecule has 20 heavy (non-hydrogen) atoms. The van der Waals surface area contributed by atoms with E-state index in [0.29, 0.717) is 5.56 Å². The number of rotatable bonds is 4. The molecule has 104 valence electrons. The second kappa shape index (κ2) is 5.30. The lowest BCUT2D eigenvalue weighted by Crippen LogP contribution is -2.13. The number of non-ortho nitro benzene ring substituents is 1. The normalized spacial score (nSPS) is 11.1. The average molecular weight is 292 g/mol. The fraction of sp³-hybridized carbons (Fsp3) is 0.0769. The molecular formula is C13H12N2O4S. The number of nitro groups is 1. The van der Waals surface area contributed by atoms with Crippen LogP contribution < -0.4 is 4.72 Å². The van der Waals surface area contributed by atoms with E-state index in [-0.39, 0.29) is 16.3 Å². The van der Waals surface area contributed by atoms with Crippen molar-refractivity contribution in [3.8, 4) is 0 Å². The van der Waals surface area contributed by atoms with Crippen LogP contribution in [0.15, 0.2) is 53.4 Å². The van der Waals surface area contributed by atoms with Gasteiger partial charge < -0.3 is 0 Å². The minimum atomic E-state index is -3.75. The number of nitrogens with zero attached hydrogens (tertiary/aromatic N) is 1. The Kier molecular flexibility index (Phi) is 3.71. The largest absolute Gasteiger partial charge is 0.279 e. The smallest absolute Gasteiger partial charge is 0.271 e. The van der Waals surface area contributed by atoms with E-state index in [1.54, 1.807) is 25.1 Å². The topological polar surface area (TPSA) is 89.3 Å². The van der Waals surface area contributed by atoms with Crippen LogP contribution in [0.3, 0.4) is 0 Å². The lowest BCUT2D eigenvalue weighted by molar-refractivity contribution is -0.384. The van der Waals surface area contributed by atoms with Crippen molar-refractivity contribution in [2.24, 2.45) is 0 Å². The lowest BCUT2D eigenvalue weighted by atomic mass is 10.2. The highest BCUT2D eigenvalue weighted by Gasteiger charge is 2.16. The molecule has 7 heteroatoms. The van der Waals surface area contributed by atoms with E-state index < -0.39 is 14.9 Å². The predicted molar refractivity (Wildman–Crippen MR) is 75.1 cm³/mol. The van der Waals surface area contributed by atoms with E-state index in [1.807, 2.05) is 0 Å². The minimum Gasteiger partial charge on any atom is -0.279 e. The van der Waals surface area contributed by atoms with Crippen molar-refractivity contribution < 1.29 is 13.3 Å². The van der Waals surface area contributed by atoms with E-state index >= 15 is 0 Å². The number of benzene rings is 2. The SMILES string of the molecule is Cc1ccc([N+](=O)[O-])cc1NS(=O)(=O)c1ccccc1. The molecule has 0 atom stereocenters.